The van der Waals surface area contributed by atoms with E-state index in [9.17, 15) is 9.90 Å². The molecule has 0 saturated carbocycles. The quantitative estimate of drug-likeness (QED) is 0.443. The van der Waals surface area contributed by atoms with Crippen molar-refractivity contribution in [2.45, 2.75) is 31.4 Å². The average molecular weight is 453 g/mol. The minimum absolute atomic E-state index is 0.167. The van der Waals surface area contributed by atoms with E-state index in [4.69, 9.17) is 16.7 Å². The fourth-order valence-corrected chi connectivity index (χ4v) is 4.52. The van der Waals surface area contributed by atoms with Gasteiger partial charge < -0.3 is 20.2 Å². The highest BCUT2D eigenvalue weighted by molar-refractivity contribution is 7.99. The Morgan fingerprint density at radius 3 is 2.60 bits per heavy atom. The fourth-order valence-electron chi connectivity index (χ4n) is 3.33. The van der Waals surface area contributed by atoms with Gasteiger partial charge in [0, 0.05) is 60.1 Å². The molecule has 9 heteroatoms. The van der Waals surface area contributed by atoms with Crippen LogP contribution in [-0.2, 0) is 6.54 Å². The third-order valence-electron chi connectivity index (χ3n) is 4.70. The van der Waals surface area contributed by atoms with E-state index in [0.29, 0.717) is 24.1 Å². The summed E-state index contributed by atoms with van der Waals surface area (Å²) >= 11 is 7.65. The lowest BCUT2D eigenvalue weighted by atomic mass is 10.1. The Bertz CT molecular complexity index is 961. The number of rotatable bonds is 5. The summed E-state index contributed by atoms with van der Waals surface area (Å²) in [5.74, 6) is 1.06. The second-order valence-electron chi connectivity index (χ2n) is 6.56. The van der Waals surface area contributed by atoms with Gasteiger partial charge in [-0.2, -0.15) is 0 Å². The number of benzene rings is 1. The Morgan fingerprint density at radius 1 is 1.20 bits per heavy atom. The summed E-state index contributed by atoms with van der Waals surface area (Å²) < 4.78 is 0. The highest BCUT2D eigenvalue weighted by Gasteiger charge is 2.31. The van der Waals surface area contributed by atoms with E-state index in [1.807, 2.05) is 44.3 Å². The van der Waals surface area contributed by atoms with Gasteiger partial charge in [0.25, 0.3) is 5.56 Å². The number of nitrogens with one attached hydrogen (secondary N) is 2. The normalized spacial score (nSPS) is 18.5. The predicted octanol–water partition coefficient (Wildman–Crippen LogP) is 3.12. The number of aliphatic hydroxyl groups excluding tert-OH is 2. The summed E-state index contributed by atoms with van der Waals surface area (Å²) in [6, 6.07) is 7.77. The van der Waals surface area contributed by atoms with Crippen LogP contribution in [0.3, 0.4) is 0 Å². The minimum Gasteiger partial charge on any atom is -0.400 e. The van der Waals surface area contributed by atoms with Crippen LogP contribution in [-0.4, -0.2) is 62.1 Å². The highest BCUT2D eigenvalue weighted by atomic mass is 35.5. The average Bonchev–Trinajstić information content (AvgIpc) is 3.35. The molecule has 1 saturated heterocycles. The van der Waals surface area contributed by atoms with Crippen LogP contribution in [0.4, 0.5) is 0 Å². The van der Waals surface area contributed by atoms with Gasteiger partial charge in [0.1, 0.15) is 5.52 Å². The van der Waals surface area contributed by atoms with Gasteiger partial charge in [-0.25, -0.2) is 4.98 Å². The zero-order valence-corrected chi connectivity index (χ0v) is 19.0. The number of hydrogen-bond donors (Lipinski definition) is 4. The van der Waals surface area contributed by atoms with Crippen molar-refractivity contribution < 1.29 is 10.2 Å². The molecule has 3 heterocycles. The van der Waals surface area contributed by atoms with Gasteiger partial charge in [0.2, 0.25) is 0 Å². The van der Waals surface area contributed by atoms with Crippen molar-refractivity contribution in [1.82, 2.24) is 19.9 Å². The van der Waals surface area contributed by atoms with Crippen LogP contribution in [0.2, 0.25) is 5.02 Å². The lowest BCUT2D eigenvalue weighted by Crippen LogP contribution is -2.21. The number of β-amino-alcohol motifs (C(OH)–C–C–N with tert-alkyl or cyclic N) is 1. The minimum atomic E-state index is -0.351. The monoisotopic (exact) mass is 452 g/mol. The molecule has 0 spiro atoms. The summed E-state index contributed by atoms with van der Waals surface area (Å²) in [5.41, 5.74) is 2.00. The number of aliphatic hydroxyl groups is 2. The van der Waals surface area contributed by atoms with Crippen LogP contribution in [0.5, 0.6) is 0 Å². The molecule has 1 aliphatic rings. The molecular weight excluding hydrogens is 424 g/mol. The van der Waals surface area contributed by atoms with Crippen molar-refractivity contribution in [2.24, 2.45) is 5.92 Å². The summed E-state index contributed by atoms with van der Waals surface area (Å²) in [7, 11) is 1.00. The summed E-state index contributed by atoms with van der Waals surface area (Å²) in [4.78, 5) is 25.0. The van der Waals surface area contributed by atoms with Gasteiger partial charge in [0.05, 0.1) is 17.9 Å². The topological polar surface area (TPSA) is 105 Å². The lowest BCUT2D eigenvalue weighted by molar-refractivity contribution is 0.149. The number of aromatic nitrogens is 3. The van der Waals surface area contributed by atoms with Gasteiger partial charge >= 0.3 is 0 Å². The first-order valence-electron chi connectivity index (χ1n) is 9.87. The molecule has 4 rings (SSSR count). The van der Waals surface area contributed by atoms with Crippen molar-refractivity contribution in [3.63, 3.8) is 0 Å². The van der Waals surface area contributed by atoms with E-state index in [2.05, 4.69) is 19.9 Å². The molecule has 7 nitrogen and oxygen atoms in total. The van der Waals surface area contributed by atoms with Crippen LogP contribution in [0.1, 0.15) is 19.4 Å². The van der Waals surface area contributed by atoms with E-state index in [-0.39, 0.29) is 17.6 Å². The van der Waals surface area contributed by atoms with Crippen LogP contribution >= 0.6 is 23.4 Å². The van der Waals surface area contributed by atoms with Gasteiger partial charge in [-0.15, -0.1) is 11.8 Å². The third-order valence-corrected chi connectivity index (χ3v) is 6.15. The zero-order valence-electron chi connectivity index (χ0n) is 17.4. The number of nitrogens with zero attached hydrogens (tertiary/aromatic N) is 2. The maximum absolute atomic E-state index is 11.8. The number of fused-ring (bicyclic) bond motifs is 1. The second kappa shape index (κ2) is 12.1. The number of thioether (sulfide) groups is 1. The van der Waals surface area contributed by atoms with Crippen molar-refractivity contribution in [1.29, 1.82) is 0 Å². The molecule has 30 heavy (non-hydrogen) atoms. The Balaban J connectivity index is 0.000000757. The molecule has 1 aromatic carbocycles. The van der Waals surface area contributed by atoms with Gasteiger partial charge in [-0.05, 0) is 24.3 Å². The van der Waals surface area contributed by atoms with Crippen molar-refractivity contribution in [3.05, 3.63) is 57.7 Å². The third kappa shape index (κ3) is 6.09. The number of hydrogen-bond acceptors (Lipinski definition) is 6. The van der Waals surface area contributed by atoms with Crippen LogP contribution in [0.15, 0.2) is 46.5 Å². The smallest absolute Gasteiger partial charge is 0.275 e. The molecule has 0 amide bonds. The lowest BCUT2D eigenvalue weighted by Gasteiger charge is -2.15. The number of likely N-dealkylation sites (tertiary alicyclic amines) is 1. The molecule has 0 aliphatic carbocycles. The largest absolute Gasteiger partial charge is 0.400 e. The van der Waals surface area contributed by atoms with Crippen molar-refractivity contribution >= 4 is 34.4 Å². The molecular formula is C21H29ClN4O3S. The predicted molar refractivity (Wildman–Crippen MR) is 123 cm³/mol. The first-order valence-corrected chi connectivity index (χ1v) is 11.2. The Hall–Kier alpha value is -1.84. The fraction of sp³-hybridized carbons (Fsp3) is 0.429. The van der Waals surface area contributed by atoms with Gasteiger partial charge in [-0.3, -0.25) is 9.69 Å². The van der Waals surface area contributed by atoms with Crippen molar-refractivity contribution in [2.75, 3.05) is 26.0 Å². The summed E-state index contributed by atoms with van der Waals surface area (Å²) in [6.07, 6.45) is 2.90. The SMILES string of the molecule is CC.CO.O=c1[nH]cnc2c(CN3C[C@@H](CSc4ccc(Cl)cc4)[C@H](O)C3)c[nH]c12. The van der Waals surface area contributed by atoms with E-state index >= 15 is 0 Å². The van der Waals surface area contributed by atoms with Crippen LogP contribution in [0.25, 0.3) is 11.0 Å². The van der Waals surface area contributed by atoms with E-state index in [0.717, 1.165) is 34.9 Å². The molecule has 0 radical (unpaired) electrons. The van der Waals surface area contributed by atoms with E-state index < -0.39 is 0 Å². The van der Waals surface area contributed by atoms with Crippen molar-refractivity contribution in [3.8, 4) is 0 Å². The molecule has 4 N–H and O–H groups in total. The Kier molecular flexibility index (Phi) is 9.87. The molecule has 1 aliphatic heterocycles. The summed E-state index contributed by atoms with van der Waals surface area (Å²) in [5, 5.41) is 18.1. The first kappa shape index (κ1) is 24.4. The summed E-state index contributed by atoms with van der Waals surface area (Å²) in [6.45, 7) is 6.11. The molecule has 164 valence electrons. The Morgan fingerprint density at radius 2 is 1.90 bits per heavy atom. The van der Waals surface area contributed by atoms with Gasteiger partial charge in [0.15, 0.2) is 0 Å². The van der Waals surface area contributed by atoms with E-state index in [1.165, 1.54) is 6.33 Å². The van der Waals surface area contributed by atoms with E-state index in [1.54, 1.807) is 11.8 Å². The zero-order chi connectivity index (χ0) is 22.1. The maximum atomic E-state index is 11.8. The molecule has 0 bridgehead atoms. The number of aromatic amines is 2. The molecule has 3 aromatic rings. The van der Waals surface area contributed by atoms with Gasteiger partial charge in [-0.1, -0.05) is 25.4 Å². The van der Waals surface area contributed by atoms with Crippen LogP contribution < -0.4 is 5.56 Å². The molecule has 2 atom stereocenters. The molecule has 1 fully saturated rings. The Labute approximate surface area is 185 Å². The van der Waals surface area contributed by atoms with Crippen LogP contribution in [0, 0.1) is 5.92 Å². The standard InChI is InChI=1S/C18H19ClN4O2S.C2H6.CH4O/c19-13-1-3-14(4-2-13)26-9-12-7-23(8-15(12)24)6-11-5-20-17-16(11)21-10-22-18(17)25;2*1-2/h1-5,10,12,15,20,24H,6-9H2,(H,21,22,25);1-2H3;2H,1H3/t12-,15+;;/m0../s1. The number of halogens is 1. The molecule has 2 aromatic heterocycles. The second-order valence-corrected chi connectivity index (χ2v) is 8.09. The number of H-pyrrole nitrogens is 2. The molecule has 0 unspecified atom stereocenters. The highest BCUT2D eigenvalue weighted by Crippen LogP contribution is 2.28. The maximum Gasteiger partial charge on any atom is 0.275 e. The first-order chi connectivity index (χ1) is 14.6.